The molecular formula is C11H14N2O4S. The second-order valence-electron chi connectivity index (χ2n) is 4.18. The molecule has 1 aromatic carbocycles. The van der Waals surface area contributed by atoms with Crippen LogP contribution in [0.5, 0.6) is 0 Å². The van der Waals surface area contributed by atoms with Crippen LogP contribution in [-0.4, -0.2) is 36.4 Å². The first-order valence-electron chi connectivity index (χ1n) is 5.53. The minimum Gasteiger partial charge on any atom is -0.480 e. The summed E-state index contributed by atoms with van der Waals surface area (Å²) in [6, 6.07) is 4.90. The highest BCUT2D eigenvalue weighted by Gasteiger charge is 2.39. The lowest BCUT2D eigenvalue weighted by Crippen LogP contribution is -2.40. The first-order valence-corrected chi connectivity index (χ1v) is 6.97. The van der Waals surface area contributed by atoms with Crippen LogP contribution in [0.4, 0.5) is 5.69 Å². The molecule has 98 valence electrons. The van der Waals surface area contributed by atoms with Crippen molar-refractivity contribution in [2.75, 3.05) is 12.3 Å². The first kappa shape index (κ1) is 12.8. The molecule has 0 saturated carbocycles. The van der Waals surface area contributed by atoms with Crippen molar-refractivity contribution < 1.29 is 18.3 Å². The third-order valence-electron chi connectivity index (χ3n) is 2.95. The number of nitrogens with zero attached hydrogens (tertiary/aromatic N) is 1. The van der Waals surface area contributed by atoms with Crippen molar-refractivity contribution in [3.8, 4) is 0 Å². The number of carboxylic acids is 1. The standard InChI is InChI=1S/C11H14N2O4S/c12-8-3-1-4-9(7-8)18(16,17)13-6-2-5-10(13)11(14)15/h1,3-4,7,10H,2,5-6,12H2,(H,14,15)/t10-/m0/s1. The maximum absolute atomic E-state index is 12.3. The maximum Gasteiger partial charge on any atom is 0.322 e. The Bertz CT molecular complexity index is 570. The molecule has 0 aromatic heterocycles. The lowest BCUT2D eigenvalue weighted by Gasteiger charge is -2.21. The Morgan fingerprint density at radius 2 is 2.17 bits per heavy atom. The summed E-state index contributed by atoms with van der Waals surface area (Å²) in [5.41, 5.74) is 5.88. The average molecular weight is 270 g/mol. The van der Waals surface area contributed by atoms with Crippen molar-refractivity contribution >= 4 is 21.7 Å². The van der Waals surface area contributed by atoms with E-state index in [2.05, 4.69) is 0 Å². The largest absolute Gasteiger partial charge is 0.480 e. The molecule has 0 unspecified atom stereocenters. The van der Waals surface area contributed by atoms with E-state index in [1.165, 1.54) is 18.2 Å². The van der Waals surface area contributed by atoms with Crippen LogP contribution in [0.15, 0.2) is 29.2 Å². The fourth-order valence-corrected chi connectivity index (χ4v) is 3.79. The van der Waals surface area contributed by atoms with Gasteiger partial charge in [0.15, 0.2) is 0 Å². The summed E-state index contributed by atoms with van der Waals surface area (Å²) in [7, 11) is -3.78. The van der Waals surface area contributed by atoms with E-state index in [0.29, 0.717) is 18.5 Å². The molecule has 1 fully saturated rings. The first-order chi connectivity index (χ1) is 8.43. The molecule has 0 radical (unpaired) electrons. The van der Waals surface area contributed by atoms with Gasteiger partial charge in [0.1, 0.15) is 6.04 Å². The summed E-state index contributed by atoms with van der Waals surface area (Å²) in [4.78, 5) is 11.1. The van der Waals surface area contributed by atoms with Gasteiger partial charge in [-0.1, -0.05) is 6.07 Å². The van der Waals surface area contributed by atoms with Gasteiger partial charge in [0.2, 0.25) is 10.0 Å². The number of carbonyl (C=O) groups is 1. The number of benzene rings is 1. The van der Waals surface area contributed by atoms with E-state index in [4.69, 9.17) is 10.8 Å². The summed E-state index contributed by atoms with van der Waals surface area (Å²) in [5.74, 6) is -1.11. The van der Waals surface area contributed by atoms with Crippen molar-refractivity contribution in [2.24, 2.45) is 0 Å². The van der Waals surface area contributed by atoms with Gasteiger partial charge < -0.3 is 10.8 Å². The van der Waals surface area contributed by atoms with Gasteiger partial charge in [-0.2, -0.15) is 4.31 Å². The Labute approximate surface area is 105 Å². The fraction of sp³-hybridized carbons (Fsp3) is 0.364. The lowest BCUT2D eigenvalue weighted by molar-refractivity contribution is -0.140. The minimum absolute atomic E-state index is 0.0376. The Morgan fingerprint density at radius 1 is 1.44 bits per heavy atom. The van der Waals surface area contributed by atoms with E-state index in [0.717, 1.165) is 4.31 Å². The van der Waals surface area contributed by atoms with Crippen LogP contribution in [0.25, 0.3) is 0 Å². The molecule has 3 N–H and O–H groups in total. The van der Waals surface area contributed by atoms with Gasteiger partial charge in [0.05, 0.1) is 4.90 Å². The average Bonchev–Trinajstić information content (AvgIpc) is 2.78. The lowest BCUT2D eigenvalue weighted by atomic mass is 10.2. The Kier molecular flexibility index (Phi) is 3.27. The van der Waals surface area contributed by atoms with Gasteiger partial charge in [-0.25, -0.2) is 8.42 Å². The second kappa shape index (κ2) is 4.58. The summed E-state index contributed by atoms with van der Waals surface area (Å²) in [6.07, 6.45) is 0.898. The molecule has 6 nitrogen and oxygen atoms in total. The number of hydrogen-bond acceptors (Lipinski definition) is 4. The molecule has 1 aliphatic heterocycles. The topological polar surface area (TPSA) is 101 Å². The summed E-state index contributed by atoms with van der Waals surface area (Å²) in [5, 5.41) is 9.02. The van der Waals surface area contributed by atoms with E-state index < -0.39 is 22.0 Å². The molecule has 2 rings (SSSR count). The number of sulfonamides is 1. The molecule has 1 aliphatic rings. The fourth-order valence-electron chi connectivity index (χ4n) is 2.09. The molecule has 1 atom stereocenters. The summed E-state index contributed by atoms with van der Waals surface area (Å²) in [6.45, 7) is 0.230. The van der Waals surface area contributed by atoms with Crippen LogP contribution in [0.2, 0.25) is 0 Å². The molecule has 1 aromatic rings. The molecule has 0 aliphatic carbocycles. The highest BCUT2D eigenvalue weighted by atomic mass is 32.2. The van der Waals surface area contributed by atoms with Gasteiger partial charge in [0.25, 0.3) is 0 Å². The van der Waals surface area contributed by atoms with Crippen molar-refractivity contribution in [3.63, 3.8) is 0 Å². The van der Waals surface area contributed by atoms with E-state index in [1.54, 1.807) is 6.07 Å². The van der Waals surface area contributed by atoms with E-state index >= 15 is 0 Å². The highest BCUT2D eigenvalue weighted by molar-refractivity contribution is 7.89. The van der Waals surface area contributed by atoms with Crippen LogP contribution in [0.1, 0.15) is 12.8 Å². The zero-order chi connectivity index (χ0) is 13.3. The normalized spacial score (nSPS) is 21.0. The third-order valence-corrected chi connectivity index (χ3v) is 4.86. The van der Waals surface area contributed by atoms with Gasteiger partial charge in [0, 0.05) is 12.2 Å². The number of hydrogen-bond donors (Lipinski definition) is 2. The van der Waals surface area contributed by atoms with Gasteiger partial charge in [-0.05, 0) is 31.0 Å². The third kappa shape index (κ3) is 2.19. The van der Waals surface area contributed by atoms with Crippen molar-refractivity contribution in [3.05, 3.63) is 24.3 Å². The van der Waals surface area contributed by atoms with Crippen LogP contribution in [-0.2, 0) is 14.8 Å². The number of carboxylic acid groups (broad SMARTS) is 1. The molecule has 18 heavy (non-hydrogen) atoms. The number of anilines is 1. The molecule has 0 bridgehead atoms. The van der Waals surface area contributed by atoms with Crippen molar-refractivity contribution in [2.45, 2.75) is 23.8 Å². The Hall–Kier alpha value is -1.60. The van der Waals surface area contributed by atoms with E-state index in [9.17, 15) is 13.2 Å². The van der Waals surface area contributed by atoms with Crippen LogP contribution < -0.4 is 5.73 Å². The van der Waals surface area contributed by atoms with Crippen LogP contribution >= 0.6 is 0 Å². The molecule has 7 heteroatoms. The van der Waals surface area contributed by atoms with Gasteiger partial charge >= 0.3 is 5.97 Å². The highest BCUT2D eigenvalue weighted by Crippen LogP contribution is 2.26. The Morgan fingerprint density at radius 3 is 2.78 bits per heavy atom. The van der Waals surface area contributed by atoms with E-state index in [1.807, 2.05) is 0 Å². The quantitative estimate of drug-likeness (QED) is 0.779. The van der Waals surface area contributed by atoms with Gasteiger partial charge in [-0.15, -0.1) is 0 Å². The monoisotopic (exact) mass is 270 g/mol. The molecular weight excluding hydrogens is 256 g/mol. The van der Waals surface area contributed by atoms with E-state index in [-0.39, 0.29) is 11.4 Å². The summed E-state index contributed by atoms with van der Waals surface area (Å²) < 4.78 is 25.6. The summed E-state index contributed by atoms with van der Waals surface area (Å²) >= 11 is 0. The zero-order valence-corrected chi connectivity index (χ0v) is 10.4. The number of nitrogens with two attached hydrogens (primary N) is 1. The second-order valence-corrected chi connectivity index (χ2v) is 6.08. The predicted molar refractivity (Wildman–Crippen MR) is 65.4 cm³/mol. The predicted octanol–water partition coefficient (Wildman–Crippen LogP) is 0.506. The number of aliphatic carboxylic acids is 1. The maximum atomic E-state index is 12.3. The molecule has 1 saturated heterocycles. The minimum atomic E-state index is -3.78. The van der Waals surface area contributed by atoms with Crippen molar-refractivity contribution in [1.29, 1.82) is 0 Å². The van der Waals surface area contributed by atoms with Crippen LogP contribution in [0.3, 0.4) is 0 Å². The van der Waals surface area contributed by atoms with Crippen molar-refractivity contribution in [1.82, 2.24) is 4.31 Å². The molecule has 1 heterocycles. The molecule has 0 amide bonds. The number of rotatable bonds is 3. The smallest absolute Gasteiger partial charge is 0.322 e. The molecule has 0 spiro atoms. The number of nitrogen functional groups attached to an aromatic ring is 1. The zero-order valence-electron chi connectivity index (χ0n) is 9.61. The van der Waals surface area contributed by atoms with Crippen LogP contribution in [0, 0.1) is 0 Å². The van der Waals surface area contributed by atoms with Gasteiger partial charge in [-0.3, -0.25) is 4.79 Å². The SMILES string of the molecule is Nc1cccc(S(=O)(=O)N2CCC[C@H]2C(=O)O)c1. The Balaban J connectivity index is 2.40.